The SMILES string of the molecule is CC(C)NC(=O)NC(C)(C)CNN1CC(=N)Cc2ccccc21. The van der Waals surface area contributed by atoms with Gasteiger partial charge in [0, 0.05) is 24.7 Å². The van der Waals surface area contributed by atoms with Gasteiger partial charge in [0.25, 0.3) is 0 Å². The van der Waals surface area contributed by atoms with E-state index in [1.54, 1.807) is 0 Å². The van der Waals surface area contributed by atoms with E-state index in [0.717, 1.165) is 11.3 Å². The average molecular weight is 317 g/mol. The number of urea groups is 1. The van der Waals surface area contributed by atoms with Crippen LogP contribution in [0.4, 0.5) is 10.5 Å². The van der Waals surface area contributed by atoms with Crippen LogP contribution in [0.2, 0.25) is 0 Å². The lowest BCUT2D eigenvalue weighted by Gasteiger charge is -2.35. The average Bonchev–Trinajstić information content (AvgIpc) is 2.43. The largest absolute Gasteiger partial charge is 0.336 e. The number of rotatable bonds is 5. The van der Waals surface area contributed by atoms with Crippen molar-refractivity contribution >= 4 is 17.4 Å². The number of anilines is 1. The van der Waals surface area contributed by atoms with Gasteiger partial charge in [-0.2, -0.15) is 0 Å². The Morgan fingerprint density at radius 2 is 2.04 bits per heavy atom. The fraction of sp³-hybridized carbons (Fsp3) is 0.529. The van der Waals surface area contributed by atoms with Crippen molar-refractivity contribution in [2.45, 2.75) is 45.7 Å². The van der Waals surface area contributed by atoms with Gasteiger partial charge in [0.2, 0.25) is 0 Å². The standard InChI is InChI=1S/C17H27N5O/c1-12(2)20-16(23)21-17(3,4)11-19-22-10-14(18)9-13-7-5-6-8-15(13)22/h5-8,12,18-19H,9-11H2,1-4H3,(H2,20,21,23). The Bertz CT molecular complexity index is 582. The van der Waals surface area contributed by atoms with E-state index >= 15 is 0 Å². The molecule has 1 aliphatic heterocycles. The highest BCUT2D eigenvalue weighted by Crippen LogP contribution is 2.24. The quantitative estimate of drug-likeness (QED) is 0.671. The van der Waals surface area contributed by atoms with Gasteiger partial charge in [0.15, 0.2) is 0 Å². The van der Waals surface area contributed by atoms with Crippen LogP contribution < -0.4 is 21.1 Å². The number of carbonyl (C=O) groups is 1. The lowest BCUT2D eigenvalue weighted by Crippen LogP contribution is -2.58. The first-order valence-corrected chi connectivity index (χ1v) is 8.01. The van der Waals surface area contributed by atoms with Crippen molar-refractivity contribution in [3.8, 4) is 0 Å². The van der Waals surface area contributed by atoms with Crippen LogP contribution in [-0.4, -0.2) is 36.4 Å². The molecule has 126 valence electrons. The molecular weight excluding hydrogens is 290 g/mol. The van der Waals surface area contributed by atoms with Crippen LogP contribution in [0.15, 0.2) is 24.3 Å². The van der Waals surface area contributed by atoms with E-state index in [1.807, 2.05) is 44.8 Å². The molecule has 0 aromatic heterocycles. The summed E-state index contributed by atoms with van der Waals surface area (Å²) in [5.74, 6) is 0. The maximum absolute atomic E-state index is 11.9. The second-order valence-electron chi connectivity index (χ2n) is 6.97. The molecule has 2 rings (SSSR count). The number of hydrazine groups is 1. The molecule has 0 radical (unpaired) electrons. The Kier molecular flexibility index (Phi) is 5.26. The molecule has 1 aromatic carbocycles. The summed E-state index contributed by atoms with van der Waals surface area (Å²) in [4.78, 5) is 11.9. The van der Waals surface area contributed by atoms with Crippen LogP contribution in [0, 0.1) is 5.41 Å². The Balaban J connectivity index is 1.97. The molecule has 6 nitrogen and oxygen atoms in total. The van der Waals surface area contributed by atoms with Gasteiger partial charge < -0.3 is 21.1 Å². The first-order chi connectivity index (χ1) is 10.8. The number of benzene rings is 1. The summed E-state index contributed by atoms with van der Waals surface area (Å²) in [5.41, 5.74) is 5.88. The monoisotopic (exact) mass is 317 g/mol. The zero-order valence-corrected chi connectivity index (χ0v) is 14.4. The third-order valence-corrected chi connectivity index (χ3v) is 3.62. The second kappa shape index (κ2) is 7.00. The van der Waals surface area contributed by atoms with Gasteiger partial charge in [0.05, 0.1) is 17.8 Å². The Morgan fingerprint density at radius 1 is 1.35 bits per heavy atom. The zero-order chi connectivity index (χ0) is 17.0. The van der Waals surface area contributed by atoms with E-state index in [4.69, 9.17) is 5.41 Å². The van der Waals surface area contributed by atoms with Gasteiger partial charge >= 0.3 is 6.03 Å². The molecule has 6 heteroatoms. The topological polar surface area (TPSA) is 80.2 Å². The van der Waals surface area contributed by atoms with Gasteiger partial charge in [-0.3, -0.25) is 0 Å². The molecule has 0 saturated carbocycles. The first-order valence-electron chi connectivity index (χ1n) is 8.01. The van der Waals surface area contributed by atoms with E-state index < -0.39 is 5.54 Å². The molecule has 0 atom stereocenters. The predicted molar refractivity (Wildman–Crippen MR) is 94.1 cm³/mol. The fourth-order valence-corrected chi connectivity index (χ4v) is 2.57. The van der Waals surface area contributed by atoms with Crippen LogP contribution in [0.25, 0.3) is 0 Å². The van der Waals surface area contributed by atoms with Crippen molar-refractivity contribution in [2.75, 3.05) is 18.1 Å². The molecule has 0 saturated heterocycles. The number of amides is 2. The Hall–Kier alpha value is -2.08. The Morgan fingerprint density at radius 3 is 2.74 bits per heavy atom. The third kappa shape index (κ3) is 4.96. The molecule has 0 aliphatic carbocycles. The van der Waals surface area contributed by atoms with E-state index in [2.05, 4.69) is 28.2 Å². The molecule has 0 spiro atoms. The highest BCUT2D eigenvalue weighted by atomic mass is 16.2. The molecule has 1 heterocycles. The van der Waals surface area contributed by atoms with Crippen molar-refractivity contribution < 1.29 is 4.79 Å². The minimum Gasteiger partial charge on any atom is -0.336 e. The van der Waals surface area contributed by atoms with Crippen LogP contribution in [0.1, 0.15) is 33.3 Å². The smallest absolute Gasteiger partial charge is 0.315 e. The number of hydrogen-bond acceptors (Lipinski definition) is 4. The summed E-state index contributed by atoms with van der Waals surface area (Å²) in [7, 11) is 0. The number of hydrogen-bond donors (Lipinski definition) is 4. The highest BCUT2D eigenvalue weighted by molar-refractivity contribution is 5.92. The lowest BCUT2D eigenvalue weighted by atomic mass is 10.0. The van der Waals surface area contributed by atoms with Gasteiger partial charge in [0.1, 0.15) is 0 Å². The van der Waals surface area contributed by atoms with Crippen molar-refractivity contribution in [2.24, 2.45) is 0 Å². The summed E-state index contributed by atoms with van der Waals surface area (Å²) >= 11 is 0. The van der Waals surface area contributed by atoms with E-state index in [-0.39, 0.29) is 12.1 Å². The molecule has 4 N–H and O–H groups in total. The normalized spacial score (nSPS) is 14.7. The van der Waals surface area contributed by atoms with Crippen molar-refractivity contribution in [1.82, 2.24) is 16.1 Å². The zero-order valence-electron chi connectivity index (χ0n) is 14.4. The number of para-hydroxylation sites is 1. The van der Waals surface area contributed by atoms with Gasteiger partial charge in [-0.25, -0.2) is 10.2 Å². The molecule has 0 unspecified atom stereocenters. The second-order valence-corrected chi connectivity index (χ2v) is 6.97. The molecule has 0 bridgehead atoms. The minimum absolute atomic E-state index is 0.105. The van der Waals surface area contributed by atoms with Crippen molar-refractivity contribution in [3.63, 3.8) is 0 Å². The predicted octanol–water partition coefficient (Wildman–Crippen LogP) is 2.06. The molecule has 1 aliphatic rings. The van der Waals surface area contributed by atoms with Gasteiger partial charge in [-0.1, -0.05) is 18.2 Å². The number of carbonyl (C=O) groups excluding carboxylic acids is 1. The van der Waals surface area contributed by atoms with E-state index in [0.29, 0.717) is 25.2 Å². The highest BCUT2D eigenvalue weighted by Gasteiger charge is 2.24. The van der Waals surface area contributed by atoms with Crippen LogP contribution in [-0.2, 0) is 6.42 Å². The van der Waals surface area contributed by atoms with Gasteiger partial charge in [-0.05, 0) is 39.3 Å². The van der Waals surface area contributed by atoms with Crippen LogP contribution in [0.5, 0.6) is 0 Å². The maximum atomic E-state index is 11.9. The summed E-state index contributed by atoms with van der Waals surface area (Å²) in [5, 5.41) is 15.8. The molecular formula is C17H27N5O. The molecule has 0 fully saturated rings. The summed E-state index contributed by atoms with van der Waals surface area (Å²) < 4.78 is 0. The molecule has 2 amide bonds. The Labute approximate surface area is 138 Å². The van der Waals surface area contributed by atoms with Crippen LogP contribution in [0.3, 0.4) is 0 Å². The number of nitrogens with one attached hydrogen (secondary N) is 4. The van der Waals surface area contributed by atoms with Crippen molar-refractivity contribution in [1.29, 1.82) is 5.41 Å². The molecule has 23 heavy (non-hydrogen) atoms. The summed E-state index contributed by atoms with van der Waals surface area (Å²) in [6, 6.07) is 8.05. The number of fused-ring (bicyclic) bond motifs is 1. The maximum Gasteiger partial charge on any atom is 0.315 e. The third-order valence-electron chi connectivity index (χ3n) is 3.62. The van der Waals surface area contributed by atoms with Crippen LogP contribution >= 0.6 is 0 Å². The molecule has 1 aromatic rings. The van der Waals surface area contributed by atoms with E-state index in [1.165, 1.54) is 0 Å². The summed E-state index contributed by atoms with van der Waals surface area (Å²) in [6.07, 6.45) is 0.701. The van der Waals surface area contributed by atoms with Crippen molar-refractivity contribution in [3.05, 3.63) is 29.8 Å². The number of nitrogens with zero attached hydrogens (tertiary/aromatic N) is 1. The summed E-state index contributed by atoms with van der Waals surface area (Å²) in [6.45, 7) is 8.94. The minimum atomic E-state index is -0.409. The van der Waals surface area contributed by atoms with Gasteiger partial charge in [-0.15, -0.1) is 0 Å². The lowest BCUT2D eigenvalue weighted by molar-refractivity contribution is 0.226. The fourth-order valence-electron chi connectivity index (χ4n) is 2.57. The first kappa shape index (κ1) is 17.3. The van der Waals surface area contributed by atoms with E-state index in [9.17, 15) is 4.79 Å².